The van der Waals surface area contributed by atoms with Crippen molar-refractivity contribution in [3.8, 4) is 0 Å². The van der Waals surface area contributed by atoms with E-state index in [1.54, 1.807) is 0 Å². The number of nitrogens with zero attached hydrogens (tertiary/aromatic N) is 5. The maximum Gasteiger partial charge on any atom is 0.318 e. The Balaban J connectivity index is 1.56. The summed E-state index contributed by atoms with van der Waals surface area (Å²) < 4.78 is 1.83. The third-order valence-electron chi connectivity index (χ3n) is 3.96. The highest BCUT2D eigenvalue weighted by Gasteiger charge is 2.29. The monoisotopic (exact) mass is 264 g/mol. The van der Waals surface area contributed by atoms with Crippen LogP contribution in [0.4, 0.5) is 4.79 Å². The lowest BCUT2D eigenvalue weighted by molar-refractivity contribution is 0.190. The lowest BCUT2D eigenvalue weighted by Crippen LogP contribution is -2.42. The van der Waals surface area contributed by atoms with E-state index in [1.807, 2.05) is 9.58 Å². The van der Waals surface area contributed by atoms with Gasteiger partial charge in [0, 0.05) is 12.6 Å². The first kappa shape index (κ1) is 12.4. The van der Waals surface area contributed by atoms with Crippen molar-refractivity contribution >= 4 is 6.03 Å². The Hall–Kier alpha value is -1.66. The maximum absolute atomic E-state index is 12.1. The van der Waals surface area contributed by atoms with E-state index in [0.717, 1.165) is 44.5 Å². The van der Waals surface area contributed by atoms with Gasteiger partial charge >= 0.3 is 6.03 Å². The predicted molar refractivity (Wildman–Crippen MR) is 68.3 cm³/mol. The number of likely N-dealkylation sites (tertiary alicyclic amines) is 1. The third kappa shape index (κ3) is 2.54. The second-order valence-electron chi connectivity index (χ2n) is 5.33. The Bertz CT molecular complexity index is 455. The van der Waals surface area contributed by atoms with E-state index in [9.17, 15) is 4.79 Å². The zero-order valence-electron chi connectivity index (χ0n) is 11.2. The molecule has 1 unspecified atom stereocenters. The molecule has 7 heteroatoms. The zero-order chi connectivity index (χ0) is 13.2. The second kappa shape index (κ2) is 5.14. The Kier molecular flexibility index (Phi) is 3.35. The first-order valence-electron chi connectivity index (χ1n) is 7.10. The summed E-state index contributed by atoms with van der Waals surface area (Å²) in [4.78, 5) is 14.1. The molecule has 1 atom stereocenters. The number of aromatic nitrogens is 4. The number of rotatable bonds is 4. The second-order valence-corrected chi connectivity index (χ2v) is 5.33. The summed E-state index contributed by atoms with van der Waals surface area (Å²) in [5.41, 5.74) is 0. The fourth-order valence-corrected chi connectivity index (χ4v) is 2.72. The molecule has 3 rings (SSSR count). The average Bonchev–Trinajstić information content (AvgIpc) is 2.98. The van der Waals surface area contributed by atoms with Crippen LogP contribution in [0.5, 0.6) is 0 Å². The largest absolute Gasteiger partial charge is 0.331 e. The molecular formula is C12H20N6O. The molecule has 1 aromatic heterocycles. The SMILES string of the molecule is CCC1CCCN1C(=O)NCc1nnnn1C1CC1. The van der Waals surface area contributed by atoms with Gasteiger partial charge in [-0.2, -0.15) is 0 Å². The molecule has 2 heterocycles. The highest BCUT2D eigenvalue weighted by molar-refractivity contribution is 5.74. The van der Waals surface area contributed by atoms with Crippen LogP contribution in [-0.4, -0.2) is 43.7 Å². The highest BCUT2D eigenvalue weighted by Crippen LogP contribution is 2.34. The summed E-state index contributed by atoms with van der Waals surface area (Å²) in [6.07, 6.45) is 5.51. The summed E-state index contributed by atoms with van der Waals surface area (Å²) in [6, 6.07) is 0.839. The molecule has 1 N–H and O–H groups in total. The standard InChI is InChI=1S/C12H20N6O/c1-2-9-4-3-7-17(9)12(19)13-8-11-14-15-16-18(11)10-5-6-10/h9-10H,2-8H2,1H3,(H,13,19). The Morgan fingerprint density at radius 1 is 1.42 bits per heavy atom. The van der Waals surface area contributed by atoms with Crippen LogP contribution in [0.2, 0.25) is 0 Å². The van der Waals surface area contributed by atoms with Crippen LogP contribution >= 0.6 is 0 Å². The molecule has 0 radical (unpaired) electrons. The van der Waals surface area contributed by atoms with Crippen molar-refractivity contribution in [1.82, 2.24) is 30.4 Å². The molecule has 2 fully saturated rings. The number of tetrazole rings is 1. The van der Waals surface area contributed by atoms with Crippen molar-refractivity contribution in [1.29, 1.82) is 0 Å². The van der Waals surface area contributed by atoms with Crippen LogP contribution in [0.1, 0.15) is 50.9 Å². The number of nitrogens with one attached hydrogen (secondary N) is 1. The molecule has 1 saturated heterocycles. The molecule has 0 bridgehead atoms. The molecule has 1 aliphatic carbocycles. The van der Waals surface area contributed by atoms with Crippen LogP contribution in [0.15, 0.2) is 0 Å². The summed E-state index contributed by atoms with van der Waals surface area (Å²) >= 11 is 0. The fraction of sp³-hybridized carbons (Fsp3) is 0.833. The number of carbonyl (C=O) groups is 1. The van der Waals surface area contributed by atoms with Gasteiger partial charge in [-0.15, -0.1) is 5.10 Å². The predicted octanol–water partition coefficient (Wildman–Crippen LogP) is 1.09. The van der Waals surface area contributed by atoms with Gasteiger partial charge in [-0.3, -0.25) is 0 Å². The van der Waals surface area contributed by atoms with Gasteiger partial charge in [0.25, 0.3) is 0 Å². The van der Waals surface area contributed by atoms with Gasteiger partial charge < -0.3 is 10.2 Å². The molecule has 7 nitrogen and oxygen atoms in total. The minimum absolute atomic E-state index is 0.00898. The molecule has 1 aromatic rings. The number of urea groups is 1. The van der Waals surface area contributed by atoms with E-state index in [2.05, 4.69) is 27.8 Å². The van der Waals surface area contributed by atoms with Gasteiger partial charge in [-0.1, -0.05) is 6.92 Å². The van der Waals surface area contributed by atoms with E-state index in [1.165, 1.54) is 0 Å². The van der Waals surface area contributed by atoms with Gasteiger partial charge in [-0.25, -0.2) is 9.48 Å². The number of hydrogen-bond acceptors (Lipinski definition) is 4. The van der Waals surface area contributed by atoms with Crippen molar-refractivity contribution in [2.75, 3.05) is 6.54 Å². The van der Waals surface area contributed by atoms with E-state index >= 15 is 0 Å². The quantitative estimate of drug-likeness (QED) is 0.883. The fourth-order valence-electron chi connectivity index (χ4n) is 2.72. The molecular weight excluding hydrogens is 244 g/mol. The first-order valence-corrected chi connectivity index (χ1v) is 7.10. The number of hydrogen-bond donors (Lipinski definition) is 1. The molecule has 2 amide bonds. The minimum Gasteiger partial charge on any atom is -0.331 e. The lowest BCUT2D eigenvalue weighted by atomic mass is 10.2. The normalized spacial score (nSPS) is 22.8. The van der Waals surface area contributed by atoms with Gasteiger partial charge in [0.15, 0.2) is 5.82 Å². The Labute approximate surface area is 112 Å². The van der Waals surface area contributed by atoms with Crippen molar-refractivity contribution in [3.05, 3.63) is 5.82 Å². The van der Waals surface area contributed by atoms with Gasteiger partial charge in [-0.05, 0) is 42.5 Å². The zero-order valence-corrected chi connectivity index (χ0v) is 11.2. The van der Waals surface area contributed by atoms with Gasteiger partial charge in [0.05, 0.1) is 12.6 Å². The molecule has 1 saturated carbocycles. The average molecular weight is 264 g/mol. The number of carbonyl (C=O) groups excluding carboxylic acids is 1. The first-order chi connectivity index (χ1) is 9.29. The van der Waals surface area contributed by atoms with Crippen LogP contribution in [0.3, 0.4) is 0 Å². The van der Waals surface area contributed by atoms with Crippen molar-refractivity contribution in [2.45, 2.75) is 57.7 Å². The lowest BCUT2D eigenvalue weighted by Gasteiger charge is -2.23. The third-order valence-corrected chi connectivity index (χ3v) is 3.96. The molecule has 0 spiro atoms. The van der Waals surface area contributed by atoms with E-state index in [-0.39, 0.29) is 6.03 Å². The van der Waals surface area contributed by atoms with Gasteiger partial charge in [0.1, 0.15) is 0 Å². The van der Waals surface area contributed by atoms with Crippen LogP contribution in [0, 0.1) is 0 Å². The van der Waals surface area contributed by atoms with Gasteiger partial charge in [0.2, 0.25) is 0 Å². The van der Waals surface area contributed by atoms with E-state index < -0.39 is 0 Å². The molecule has 2 aliphatic rings. The summed E-state index contributed by atoms with van der Waals surface area (Å²) in [5, 5.41) is 14.6. The van der Waals surface area contributed by atoms with Crippen LogP contribution in [-0.2, 0) is 6.54 Å². The highest BCUT2D eigenvalue weighted by atomic mass is 16.2. The minimum atomic E-state index is 0.00898. The molecule has 1 aliphatic heterocycles. The van der Waals surface area contributed by atoms with Crippen LogP contribution < -0.4 is 5.32 Å². The van der Waals surface area contributed by atoms with Crippen LogP contribution in [0.25, 0.3) is 0 Å². The topological polar surface area (TPSA) is 75.9 Å². The maximum atomic E-state index is 12.1. The summed E-state index contributed by atoms with van der Waals surface area (Å²) in [5.74, 6) is 0.753. The van der Waals surface area contributed by atoms with Crippen molar-refractivity contribution in [3.63, 3.8) is 0 Å². The summed E-state index contributed by atoms with van der Waals surface area (Å²) in [7, 11) is 0. The van der Waals surface area contributed by atoms with E-state index in [4.69, 9.17) is 0 Å². The molecule has 19 heavy (non-hydrogen) atoms. The molecule has 0 aromatic carbocycles. The smallest absolute Gasteiger partial charge is 0.318 e. The van der Waals surface area contributed by atoms with Crippen molar-refractivity contribution < 1.29 is 4.79 Å². The van der Waals surface area contributed by atoms with Crippen molar-refractivity contribution in [2.24, 2.45) is 0 Å². The Morgan fingerprint density at radius 2 is 2.26 bits per heavy atom. The summed E-state index contributed by atoms with van der Waals surface area (Å²) in [6.45, 7) is 3.40. The Morgan fingerprint density at radius 3 is 3.00 bits per heavy atom. The number of amides is 2. The molecule has 104 valence electrons. The van der Waals surface area contributed by atoms with E-state index in [0.29, 0.717) is 18.6 Å².